The van der Waals surface area contributed by atoms with Crippen molar-refractivity contribution in [2.75, 3.05) is 6.54 Å². The molecule has 6 nitrogen and oxygen atoms in total. The molecule has 0 fully saturated rings. The lowest BCUT2D eigenvalue weighted by Crippen LogP contribution is -2.51. The number of carbonyl (C=O) groups excluding carboxylic acids is 2. The van der Waals surface area contributed by atoms with Crippen molar-refractivity contribution in [1.82, 2.24) is 15.6 Å². The van der Waals surface area contributed by atoms with Gasteiger partial charge in [0.15, 0.2) is 0 Å². The van der Waals surface area contributed by atoms with E-state index in [1.807, 2.05) is 48.7 Å². The van der Waals surface area contributed by atoms with E-state index in [0.717, 1.165) is 48.4 Å². The molecule has 5 N–H and O–H groups in total. The monoisotopic (exact) mass is 448 g/mol. The molecular weight excluding hydrogens is 412 g/mol. The van der Waals surface area contributed by atoms with Crippen LogP contribution >= 0.6 is 0 Å². The number of H-pyrrole nitrogens is 1. The summed E-state index contributed by atoms with van der Waals surface area (Å²) in [6.45, 7) is 2.71. The third-order valence-electron chi connectivity index (χ3n) is 6.06. The van der Waals surface area contributed by atoms with Gasteiger partial charge in [0.05, 0.1) is 12.1 Å². The SMILES string of the molecule is C[C@H](CCc1ccccc1)N[C@@H](CCCCN)C(=O)N[C@H](C=O)Cc1c[nH]c2ccccc12. The minimum atomic E-state index is -0.574. The number of unbranched alkanes of at least 4 members (excludes halogenated alkanes) is 1. The van der Waals surface area contributed by atoms with E-state index >= 15 is 0 Å². The Morgan fingerprint density at radius 1 is 1.06 bits per heavy atom. The number of aldehydes is 1. The molecule has 1 aromatic heterocycles. The highest BCUT2D eigenvalue weighted by Crippen LogP contribution is 2.19. The number of benzene rings is 2. The highest BCUT2D eigenvalue weighted by atomic mass is 16.2. The molecule has 0 bridgehead atoms. The number of aromatic amines is 1. The lowest BCUT2D eigenvalue weighted by Gasteiger charge is -2.24. The summed E-state index contributed by atoms with van der Waals surface area (Å²) < 4.78 is 0. The average molecular weight is 449 g/mol. The molecule has 0 spiro atoms. The molecule has 0 unspecified atom stereocenters. The van der Waals surface area contributed by atoms with Gasteiger partial charge in [-0.05, 0) is 56.3 Å². The van der Waals surface area contributed by atoms with Gasteiger partial charge in [0.1, 0.15) is 6.29 Å². The van der Waals surface area contributed by atoms with Gasteiger partial charge < -0.3 is 26.1 Å². The number of fused-ring (bicyclic) bond motifs is 1. The summed E-state index contributed by atoms with van der Waals surface area (Å²) in [5, 5.41) is 7.52. The highest BCUT2D eigenvalue weighted by molar-refractivity contribution is 5.86. The number of aryl methyl sites for hydroxylation is 1. The molecule has 6 heteroatoms. The molecule has 3 aromatic rings. The summed E-state index contributed by atoms with van der Waals surface area (Å²) in [6, 6.07) is 17.6. The van der Waals surface area contributed by atoms with Crippen LogP contribution in [0.25, 0.3) is 10.9 Å². The van der Waals surface area contributed by atoms with Crippen molar-refractivity contribution in [1.29, 1.82) is 0 Å². The Labute approximate surface area is 196 Å². The van der Waals surface area contributed by atoms with Crippen molar-refractivity contribution in [3.8, 4) is 0 Å². The molecule has 33 heavy (non-hydrogen) atoms. The fourth-order valence-electron chi connectivity index (χ4n) is 4.19. The number of carbonyl (C=O) groups is 2. The Hall–Kier alpha value is -2.96. The minimum Gasteiger partial charge on any atom is -0.361 e. The van der Waals surface area contributed by atoms with E-state index in [2.05, 4.69) is 34.7 Å². The van der Waals surface area contributed by atoms with E-state index < -0.39 is 6.04 Å². The minimum absolute atomic E-state index is 0.129. The van der Waals surface area contributed by atoms with Crippen LogP contribution in [-0.4, -0.2) is 41.8 Å². The van der Waals surface area contributed by atoms with Crippen molar-refractivity contribution in [2.24, 2.45) is 5.73 Å². The van der Waals surface area contributed by atoms with Gasteiger partial charge in [-0.15, -0.1) is 0 Å². The van der Waals surface area contributed by atoms with Crippen LogP contribution in [0.1, 0.15) is 43.7 Å². The van der Waals surface area contributed by atoms with Crippen LogP contribution in [0.2, 0.25) is 0 Å². The first kappa shape index (κ1) is 24.7. The molecule has 1 heterocycles. The molecular formula is C27H36N4O2. The molecule has 0 aliphatic heterocycles. The quantitative estimate of drug-likeness (QED) is 0.224. The van der Waals surface area contributed by atoms with Crippen molar-refractivity contribution in [3.05, 3.63) is 71.9 Å². The van der Waals surface area contributed by atoms with Gasteiger partial charge in [-0.3, -0.25) is 4.79 Å². The molecule has 0 aliphatic carbocycles. The lowest BCUT2D eigenvalue weighted by molar-refractivity contribution is -0.126. The van der Waals surface area contributed by atoms with Gasteiger partial charge in [-0.1, -0.05) is 55.0 Å². The third kappa shape index (κ3) is 7.55. The molecule has 3 rings (SSSR count). The summed E-state index contributed by atoms with van der Waals surface area (Å²) in [6.07, 6.45) is 7.50. The van der Waals surface area contributed by atoms with Gasteiger partial charge in [0.25, 0.3) is 0 Å². The Balaban J connectivity index is 1.59. The van der Waals surface area contributed by atoms with Gasteiger partial charge in [-0.25, -0.2) is 0 Å². The second-order valence-corrected chi connectivity index (χ2v) is 8.74. The summed E-state index contributed by atoms with van der Waals surface area (Å²) in [5.41, 5.74) is 8.99. The van der Waals surface area contributed by atoms with E-state index in [1.54, 1.807) is 0 Å². The Morgan fingerprint density at radius 3 is 2.58 bits per heavy atom. The first-order valence-corrected chi connectivity index (χ1v) is 11.9. The molecule has 0 saturated heterocycles. The van der Waals surface area contributed by atoms with Gasteiger partial charge in [0.2, 0.25) is 5.91 Å². The molecule has 3 atom stereocenters. The zero-order chi connectivity index (χ0) is 23.5. The predicted molar refractivity (Wildman–Crippen MR) is 134 cm³/mol. The molecule has 1 amide bonds. The molecule has 0 saturated carbocycles. The van der Waals surface area contributed by atoms with Gasteiger partial charge in [-0.2, -0.15) is 0 Å². The fourth-order valence-corrected chi connectivity index (χ4v) is 4.19. The zero-order valence-corrected chi connectivity index (χ0v) is 19.4. The summed E-state index contributed by atoms with van der Waals surface area (Å²) >= 11 is 0. The van der Waals surface area contributed by atoms with E-state index in [1.165, 1.54) is 5.56 Å². The first-order valence-electron chi connectivity index (χ1n) is 11.9. The van der Waals surface area contributed by atoms with E-state index in [9.17, 15) is 9.59 Å². The summed E-state index contributed by atoms with van der Waals surface area (Å²) in [5.74, 6) is -0.129. The van der Waals surface area contributed by atoms with Crippen LogP contribution in [0.3, 0.4) is 0 Å². The van der Waals surface area contributed by atoms with E-state index in [4.69, 9.17) is 5.73 Å². The second-order valence-electron chi connectivity index (χ2n) is 8.74. The number of rotatable bonds is 14. The Bertz CT molecular complexity index is 1000. The topological polar surface area (TPSA) is 100 Å². The van der Waals surface area contributed by atoms with Crippen molar-refractivity contribution in [3.63, 3.8) is 0 Å². The third-order valence-corrected chi connectivity index (χ3v) is 6.06. The number of aromatic nitrogens is 1. The number of nitrogens with two attached hydrogens (primary N) is 1. The maximum absolute atomic E-state index is 13.1. The highest BCUT2D eigenvalue weighted by Gasteiger charge is 2.23. The largest absolute Gasteiger partial charge is 0.361 e. The van der Waals surface area contributed by atoms with E-state index in [-0.39, 0.29) is 18.0 Å². The Kier molecular flexibility index (Phi) is 9.66. The zero-order valence-electron chi connectivity index (χ0n) is 19.4. The van der Waals surface area contributed by atoms with Crippen LogP contribution in [0.15, 0.2) is 60.8 Å². The Morgan fingerprint density at radius 2 is 1.82 bits per heavy atom. The smallest absolute Gasteiger partial charge is 0.237 e. The molecule has 0 radical (unpaired) electrons. The second kappa shape index (κ2) is 12.9. The number of hydrogen-bond donors (Lipinski definition) is 4. The number of hydrogen-bond acceptors (Lipinski definition) is 4. The predicted octanol–water partition coefficient (Wildman–Crippen LogP) is 3.50. The maximum Gasteiger partial charge on any atom is 0.237 e. The first-order chi connectivity index (χ1) is 16.1. The van der Waals surface area contributed by atoms with Crippen LogP contribution in [0.5, 0.6) is 0 Å². The number of amides is 1. The standard InChI is InChI=1S/C27H36N4O2/c1-20(14-15-21-9-3-2-4-10-21)30-26(13-7-8-16-28)27(33)31-23(19-32)17-22-18-29-25-12-6-5-11-24(22)25/h2-6,9-12,18-20,23,26,29-30H,7-8,13-17,28H2,1H3,(H,31,33)/t20-,23+,26+/m1/s1. The van der Waals surface area contributed by atoms with Crippen molar-refractivity contribution in [2.45, 2.75) is 63.6 Å². The molecule has 0 aliphatic rings. The van der Waals surface area contributed by atoms with Crippen LogP contribution in [0.4, 0.5) is 0 Å². The normalized spacial score (nSPS) is 14.0. The van der Waals surface area contributed by atoms with Gasteiger partial charge >= 0.3 is 0 Å². The lowest BCUT2D eigenvalue weighted by atomic mass is 10.0. The number of nitrogens with one attached hydrogen (secondary N) is 3. The van der Waals surface area contributed by atoms with E-state index in [0.29, 0.717) is 19.4 Å². The summed E-state index contributed by atoms with van der Waals surface area (Å²) in [4.78, 5) is 28.2. The van der Waals surface area contributed by atoms with Crippen LogP contribution < -0.4 is 16.4 Å². The molecule has 176 valence electrons. The van der Waals surface area contributed by atoms with Crippen LogP contribution in [-0.2, 0) is 22.4 Å². The van der Waals surface area contributed by atoms with Crippen molar-refractivity contribution >= 4 is 23.1 Å². The van der Waals surface area contributed by atoms with Gasteiger partial charge in [0, 0.05) is 29.6 Å². The summed E-state index contributed by atoms with van der Waals surface area (Å²) in [7, 11) is 0. The maximum atomic E-state index is 13.1. The average Bonchev–Trinajstić information content (AvgIpc) is 3.25. The van der Waals surface area contributed by atoms with Crippen molar-refractivity contribution < 1.29 is 9.59 Å². The number of para-hydroxylation sites is 1. The fraction of sp³-hybridized carbons (Fsp3) is 0.407. The van der Waals surface area contributed by atoms with Crippen LogP contribution in [0, 0.1) is 0 Å². The molecule has 2 aromatic carbocycles.